The van der Waals surface area contributed by atoms with E-state index in [9.17, 15) is 10.4 Å². The Morgan fingerprint density at radius 3 is 2.80 bits per heavy atom. The predicted molar refractivity (Wildman–Crippen MR) is 98.1 cm³/mol. The molecule has 25 heavy (non-hydrogen) atoms. The summed E-state index contributed by atoms with van der Waals surface area (Å²) in [5, 5.41) is 23.1. The van der Waals surface area contributed by atoms with Crippen LogP contribution in [0.3, 0.4) is 0 Å². The van der Waals surface area contributed by atoms with Crippen LogP contribution in [0.2, 0.25) is 0 Å². The monoisotopic (exact) mass is 406 g/mol. The van der Waals surface area contributed by atoms with E-state index in [-0.39, 0.29) is 23.2 Å². The number of ether oxygens (including phenoxy) is 1. The lowest BCUT2D eigenvalue weighted by molar-refractivity contribution is 0.372. The molecule has 0 saturated carbocycles. The molecule has 0 unspecified atom stereocenters. The maximum absolute atomic E-state index is 9.80. The SMILES string of the molecule is CCC(CC)c1nc(C#N)c(N/N=C/c2cc(Br)c(O)c(OC)c2)o1. The molecule has 2 rings (SSSR count). The van der Waals surface area contributed by atoms with Gasteiger partial charge in [0.05, 0.1) is 17.8 Å². The first kappa shape index (κ1) is 18.8. The zero-order chi connectivity index (χ0) is 18.4. The van der Waals surface area contributed by atoms with Crippen molar-refractivity contribution in [1.29, 1.82) is 5.26 Å². The first-order valence-corrected chi connectivity index (χ1v) is 8.59. The summed E-state index contributed by atoms with van der Waals surface area (Å²) in [5.74, 6) is 1.26. The van der Waals surface area contributed by atoms with Gasteiger partial charge in [-0.25, -0.2) is 10.4 Å². The largest absolute Gasteiger partial charge is 0.503 e. The maximum atomic E-state index is 9.80. The summed E-state index contributed by atoms with van der Waals surface area (Å²) < 4.78 is 11.2. The van der Waals surface area contributed by atoms with E-state index in [1.54, 1.807) is 12.1 Å². The lowest BCUT2D eigenvalue weighted by Crippen LogP contribution is -1.95. The first-order chi connectivity index (χ1) is 12.0. The van der Waals surface area contributed by atoms with Gasteiger partial charge in [0.2, 0.25) is 11.6 Å². The Labute approximate surface area is 154 Å². The standard InChI is InChI=1S/C17H19BrN4O3/c1-4-11(5-2)16-21-13(8-19)17(25-16)22-20-9-10-6-12(18)15(23)14(7-10)24-3/h6-7,9,11,22-23H,4-5H2,1-3H3/b20-9+. The molecule has 0 fully saturated rings. The van der Waals surface area contributed by atoms with Crippen LogP contribution in [0.15, 0.2) is 26.1 Å². The van der Waals surface area contributed by atoms with Crippen molar-refractivity contribution < 1.29 is 14.3 Å². The molecule has 2 N–H and O–H groups in total. The number of benzene rings is 1. The van der Waals surface area contributed by atoms with Gasteiger partial charge < -0.3 is 14.3 Å². The summed E-state index contributed by atoms with van der Waals surface area (Å²) in [6.45, 7) is 4.09. The zero-order valence-corrected chi connectivity index (χ0v) is 15.8. The molecule has 0 bridgehead atoms. The van der Waals surface area contributed by atoms with Crippen LogP contribution in [0, 0.1) is 11.3 Å². The van der Waals surface area contributed by atoms with Gasteiger partial charge in [-0.2, -0.15) is 10.4 Å². The Bertz CT molecular complexity index is 807. The number of aromatic nitrogens is 1. The third kappa shape index (κ3) is 4.31. The number of methoxy groups -OCH3 is 1. The quantitative estimate of drug-likeness (QED) is 0.522. The molecule has 8 heteroatoms. The molecule has 0 radical (unpaired) electrons. The van der Waals surface area contributed by atoms with Crippen molar-refractivity contribution >= 4 is 28.0 Å². The zero-order valence-electron chi connectivity index (χ0n) is 14.2. The molecule has 7 nitrogen and oxygen atoms in total. The topological polar surface area (TPSA) is 104 Å². The van der Waals surface area contributed by atoms with Crippen molar-refractivity contribution in [2.24, 2.45) is 5.10 Å². The smallest absolute Gasteiger partial charge is 0.252 e. The molecule has 0 aliphatic rings. The van der Waals surface area contributed by atoms with Crippen LogP contribution in [-0.2, 0) is 0 Å². The second kappa shape index (κ2) is 8.53. The average molecular weight is 407 g/mol. The fourth-order valence-corrected chi connectivity index (χ4v) is 2.75. The summed E-state index contributed by atoms with van der Waals surface area (Å²) >= 11 is 3.25. The van der Waals surface area contributed by atoms with Crippen molar-refractivity contribution in [2.45, 2.75) is 32.6 Å². The summed E-state index contributed by atoms with van der Waals surface area (Å²) in [7, 11) is 1.47. The summed E-state index contributed by atoms with van der Waals surface area (Å²) in [5.41, 5.74) is 3.56. The van der Waals surface area contributed by atoms with E-state index in [0.717, 1.165) is 12.8 Å². The number of nitrogens with one attached hydrogen (secondary N) is 1. The van der Waals surface area contributed by atoms with E-state index < -0.39 is 0 Å². The molecule has 1 aromatic heterocycles. The van der Waals surface area contributed by atoms with E-state index in [2.05, 4.69) is 31.4 Å². The summed E-state index contributed by atoms with van der Waals surface area (Å²) in [6, 6.07) is 5.32. The van der Waals surface area contributed by atoms with E-state index >= 15 is 0 Å². The van der Waals surface area contributed by atoms with E-state index in [0.29, 0.717) is 21.7 Å². The second-order valence-corrected chi connectivity index (χ2v) is 6.13. The minimum absolute atomic E-state index is 0.0180. The molecule has 0 atom stereocenters. The molecular formula is C17H19BrN4O3. The van der Waals surface area contributed by atoms with E-state index in [1.165, 1.54) is 13.3 Å². The van der Waals surface area contributed by atoms with Crippen LogP contribution in [0.1, 0.15) is 49.8 Å². The molecular weight excluding hydrogens is 388 g/mol. The lowest BCUT2D eigenvalue weighted by Gasteiger charge is -2.06. The number of phenolic OH excluding ortho intramolecular Hbond substituents is 1. The van der Waals surface area contributed by atoms with Gasteiger partial charge in [-0.05, 0) is 46.5 Å². The number of hydrazone groups is 1. The van der Waals surface area contributed by atoms with Crippen LogP contribution in [0.25, 0.3) is 0 Å². The van der Waals surface area contributed by atoms with Crippen molar-refractivity contribution in [2.75, 3.05) is 12.5 Å². The summed E-state index contributed by atoms with van der Waals surface area (Å²) in [6.07, 6.45) is 3.28. The fraction of sp³-hybridized carbons (Fsp3) is 0.353. The highest BCUT2D eigenvalue weighted by Gasteiger charge is 2.18. The Morgan fingerprint density at radius 2 is 2.20 bits per heavy atom. The summed E-state index contributed by atoms with van der Waals surface area (Å²) in [4.78, 5) is 4.22. The molecule has 0 aliphatic heterocycles. The van der Waals surface area contributed by atoms with Crippen LogP contribution in [0.5, 0.6) is 11.5 Å². The number of nitriles is 1. The van der Waals surface area contributed by atoms with Crippen LogP contribution in [0.4, 0.5) is 5.88 Å². The first-order valence-electron chi connectivity index (χ1n) is 7.80. The highest BCUT2D eigenvalue weighted by atomic mass is 79.9. The Kier molecular flexibility index (Phi) is 6.42. The molecule has 0 saturated heterocycles. The number of aromatic hydroxyl groups is 1. The van der Waals surface area contributed by atoms with Crippen molar-refractivity contribution in [3.8, 4) is 17.6 Å². The van der Waals surface area contributed by atoms with Crippen molar-refractivity contribution in [3.63, 3.8) is 0 Å². The molecule has 132 valence electrons. The number of hydrogen-bond acceptors (Lipinski definition) is 7. The molecule has 0 spiro atoms. The maximum Gasteiger partial charge on any atom is 0.252 e. The van der Waals surface area contributed by atoms with Gasteiger partial charge in [-0.3, -0.25) is 0 Å². The van der Waals surface area contributed by atoms with E-state index in [4.69, 9.17) is 9.15 Å². The number of nitrogens with zero attached hydrogens (tertiary/aromatic N) is 3. The molecule has 0 amide bonds. The Balaban J connectivity index is 2.20. The number of rotatable bonds is 7. The van der Waals surface area contributed by atoms with Crippen molar-refractivity contribution in [3.05, 3.63) is 33.8 Å². The minimum atomic E-state index is 0.0180. The van der Waals surface area contributed by atoms with Gasteiger partial charge in [-0.1, -0.05) is 13.8 Å². The normalized spacial score (nSPS) is 11.0. The Morgan fingerprint density at radius 1 is 1.48 bits per heavy atom. The van der Waals surface area contributed by atoms with Gasteiger partial charge in [0, 0.05) is 5.92 Å². The van der Waals surface area contributed by atoms with Gasteiger partial charge in [0.25, 0.3) is 5.88 Å². The van der Waals surface area contributed by atoms with Crippen LogP contribution < -0.4 is 10.2 Å². The average Bonchev–Trinajstić information content (AvgIpc) is 3.02. The van der Waals surface area contributed by atoms with E-state index in [1.807, 2.05) is 19.9 Å². The highest BCUT2D eigenvalue weighted by Crippen LogP contribution is 2.34. The highest BCUT2D eigenvalue weighted by molar-refractivity contribution is 9.10. The number of oxazole rings is 1. The number of anilines is 1. The third-order valence-electron chi connectivity index (χ3n) is 3.73. The fourth-order valence-electron chi connectivity index (χ4n) is 2.29. The predicted octanol–water partition coefficient (Wildman–Crippen LogP) is 4.37. The molecule has 2 aromatic rings. The second-order valence-electron chi connectivity index (χ2n) is 5.28. The van der Waals surface area contributed by atoms with Crippen LogP contribution in [-0.4, -0.2) is 23.4 Å². The molecule has 1 aromatic carbocycles. The minimum Gasteiger partial charge on any atom is -0.503 e. The van der Waals surface area contributed by atoms with Gasteiger partial charge in [0.1, 0.15) is 6.07 Å². The molecule has 0 aliphatic carbocycles. The lowest BCUT2D eigenvalue weighted by atomic mass is 10.0. The Hall–Kier alpha value is -2.53. The van der Waals surface area contributed by atoms with Gasteiger partial charge in [-0.15, -0.1) is 0 Å². The van der Waals surface area contributed by atoms with Gasteiger partial charge >= 0.3 is 0 Å². The van der Waals surface area contributed by atoms with Crippen molar-refractivity contribution in [1.82, 2.24) is 4.98 Å². The number of phenols is 1. The third-order valence-corrected chi connectivity index (χ3v) is 4.34. The number of hydrogen-bond donors (Lipinski definition) is 2. The van der Waals surface area contributed by atoms with Gasteiger partial charge in [0.15, 0.2) is 11.5 Å². The number of halogens is 1. The van der Waals surface area contributed by atoms with Crippen LogP contribution >= 0.6 is 15.9 Å². The molecule has 1 heterocycles.